The molecular formula is C12H18ClNO3S. The molecule has 1 aromatic rings. The van der Waals surface area contributed by atoms with E-state index in [1.54, 1.807) is 25.3 Å². The van der Waals surface area contributed by atoms with Crippen molar-refractivity contribution in [3.8, 4) is 0 Å². The molecule has 0 aliphatic heterocycles. The van der Waals surface area contributed by atoms with Gasteiger partial charge in [-0.2, -0.15) is 0 Å². The second-order valence-electron chi connectivity index (χ2n) is 4.23. The van der Waals surface area contributed by atoms with E-state index in [1.165, 1.54) is 6.26 Å². The van der Waals surface area contributed by atoms with E-state index in [9.17, 15) is 8.42 Å². The molecule has 1 rings (SSSR count). The molecule has 1 unspecified atom stereocenters. The fourth-order valence-corrected chi connectivity index (χ4v) is 2.90. The SMILES string of the molecule is COCC(C)NCc1c(Cl)cccc1S(C)(=O)=O. The van der Waals surface area contributed by atoms with Gasteiger partial charge in [0.25, 0.3) is 0 Å². The van der Waals surface area contributed by atoms with Gasteiger partial charge in [-0.05, 0) is 19.1 Å². The maximum atomic E-state index is 11.7. The van der Waals surface area contributed by atoms with Crippen LogP contribution in [0.3, 0.4) is 0 Å². The Morgan fingerprint density at radius 1 is 1.44 bits per heavy atom. The van der Waals surface area contributed by atoms with Gasteiger partial charge in [0.05, 0.1) is 11.5 Å². The number of hydrogen-bond acceptors (Lipinski definition) is 4. The lowest BCUT2D eigenvalue weighted by Crippen LogP contribution is -2.30. The molecule has 102 valence electrons. The van der Waals surface area contributed by atoms with Gasteiger partial charge in [0.1, 0.15) is 0 Å². The Morgan fingerprint density at radius 2 is 2.11 bits per heavy atom. The summed E-state index contributed by atoms with van der Waals surface area (Å²) in [6, 6.07) is 5.02. The summed E-state index contributed by atoms with van der Waals surface area (Å²) in [4.78, 5) is 0.270. The largest absolute Gasteiger partial charge is 0.383 e. The van der Waals surface area contributed by atoms with Crippen molar-refractivity contribution in [2.75, 3.05) is 20.0 Å². The van der Waals surface area contributed by atoms with Crippen molar-refractivity contribution in [3.63, 3.8) is 0 Å². The van der Waals surface area contributed by atoms with E-state index in [4.69, 9.17) is 16.3 Å². The number of ether oxygens (including phenoxy) is 1. The van der Waals surface area contributed by atoms with E-state index in [2.05, 4.69) is 5.32 Å². The molecule has 18 heavy (non-hydrogen) atoms. The second-order valence-corrected chi connectivity index (χ2v) is 6.62. The Labute approximate surface area is 113 Å². The molecule has 0 heterocycles. The number of sulfone groups is 1. The van der Waals surface area contributed by atoms with Crippen molar-refractivity contribution in [1.29, 1.82) is 0 Å². The number of benzene rings is 1. The fraction of sp³-hybridized carbons (Fsp3) is 0.500. The molecule has 1 aromatic carbocycles. The first-order valence-corrected chi connectivity index (χ1v) is 7.83. The van der Waals surface area contributed by atoms with Crippen molar-refractivity contribution in [1.82, 2.24) is 5.32 Å². The van der Waals surface area contributed by atoms with Gasteiger partial charge in [-0.1, -0.05) is 17.7 Å². The standard InChI is InChI=1S/C12H18ClNO3S/c1-9(8-17-2)14-7-10-11(13)5-4-6-12(10)18(3,15)16/h4-6,9,14H,7-8H2,1-3H3. The lowest BCUT2D eigenvalue weighted by Gasteiger charge is -2.15. The van der Waals surface area contributed by atoms with Crippen LogP contribution in [0.2, 0.25) is 5.02 Å². The minimum absolute atomic E-state index is 0.124. The molecule has 4 nitrogen and oxygen atoms in total. The zero-order valence-electron chi connectivity index (χ0n) is 10.7. The average Bonchev–Trinajstić information content (AvgIpc) is 2.26. The van der Waals surface area contributed by atoms with E-state index in [-0.39, 0.29) is 10.9 Å². The van der Waals surface area contributed by atoms with Gasteiger partial charge in [-0.3, -0.25) is 0 Å². The van der Waals surface area contributed by atoms with Gasteiger partial charge in [0.15, 0.2) is 9.84 Å². The molecule has 0 aliphatic rings. The van der Waals surface area contributed by atoms with Crippen molar-refractivity contribution < 1.29 is 13.2 Å². The van der Waals surface area contributed by atoms with E-state index in [1.807, 2.05) is 6.92 Å². The maximum absolute atomic E-state index is 11.7. The predicted molar refractivity (Wildman–Crippen MR) is 72.7 cm³/mol. The summed E-state index contributed by atoms with van der Waals surface area (Å²) >= 11 is 6.06. The van der Waals surface area contributed by atoms with E-state index in [0.29, 0.717) is 23.7 Å². The van der Waals surface area contributed by atoms with Gasteiger partial charge in [0, 0.05) is 36.5 Å². The summed E-state index contributed by atoms with van der Waals surface area (Å²) in [5.41, 5.74) is 0.601. The number of methoxy groups -OCH3 is 1. The van der Waals surface area contributed by atoms with Crippen LogP contribution in [0, 0.1) is 0 Å². The molecule has 1 atom stereocenters. The highest BCUT2D eigenvalue weighted by Gasteiger charge is 2.16. The zero-order valence-corrected chi connectivity index (χ0v) is 12.3. The average molecular weight is 292 g/mol. The summed E-state index contributed by atoms with van der Waals surface area (Å²) in [6.45, 7) is 2.91. The van der Waals surface area contributed by atoms with Crippen molar-refractivity contribution in [2.45, 2.75) is 24.4 Å². The van der Waals surface area contributed by atoms with Crippen LogP contribution in [0.15, 0.2) is 23.1 Å². The Bertz CT molecular complexity index is 502. The molecule has 0 aromatic heterocycles. The first kappa shape index (κ1) is 15.4. The van der Waals surface area contributed by atoms with Gasteiger partial charge < -0.3 is 10.1 Å². The molecular weight excluding hydrogens is 274 g/mol. The van der Waals surface area contributed by atoms with Crippen LogP contribution >= 0.6 is 11.6 Å². The molecule has 0 aliphatic carbocycles. The van der Waals surface area contributed by atoms with E-state index < -0.39 is 9.84 Å². The summed E-state index contributed by atoms with van der Waals surface area (Å²) in [5, 5.41) is 3.63. The number of nitrogens with one attached hydrogen (secondary N) is 1. The lowest BCUT2D eigenvalue weighted by molar-refractivity contribution is 0.171. The Kier molecular flexibility index (Phi) is 5.59. The van der Waals surface area contributed by atoms with Crippen LogP contribution in [0.4, 0.5) is 0 Å². The third-order valence-electron chi connectivity index (χ3n) is 2.52. The van der Waals surface area contributed by atoms with Crippen LogP contribution in [0.25, 0.3) is 0 Å². The normalized spacial score (nSPS) is 13.6. The molecule has 0 saturated heterocycles. The molecule has 0 saturated carbocycles. The number of rotatable bonds is 6. The molecule has 0 amide bonds. The highest BCUT2D eigenvalue weighted by molar-refractivity contribution is 7.90. The summed E-state index contributed by atoms with van der Waals surface area (Å²) in [6.07, 6.45) is 1.18. The van der Waals surface area contributed by atoms with Crippen molar-refractivity contribution >= 4 is 21.4 Å². The molecule has 0 bridgehead atoms. The highest BCUT2D eigenvalue weighted by atomic mass is 35.5. The van der Waals surface area contributed by atoms with Crippen LogP contribution < -0.4 is 5.32 Å². The zero-order chi connectivity index (χ0) is 13.8. The van der Waals surface area contributed by atoms with Crippen LogP contribution in [0.1, 0.15) is 12.5 Å². The third kappa shape index (κ3) is 4.24. The monoisotopic (exact) mass is 291 g/mol. The van der Waals surface area contributed by atoms with Crippen molar-refractivity contribution in [2.24, 2.45) is 0 Å². The molecule has 0 fully saturated rings. The van der Waals surface area contributed by atoms with Crippen molar-refractivity contribution in [3.05, 3.63) is 28.8 Å². The number of halogens is 1. The van der Waals surface area contributed by atoms with Gasteiger partial charge >= 0.3 is 0 Å². The lowest BCUT2D eigenvalue weighted by atomic mass is 10.2. The maximum Gasteiger partial charge on any atom is 0.175 e. The third-order valence-corrected chi connectivity index (χ3v) is 4.05. The van der Waals surface area contributed by atoms with Crippen LogP contribution in [-0.2, 0) is 21.1 Å². The molecule has 1 N–H and O–H groups in total. The fourth-order valence-electron chi connectivity index (χ4n) is 1.64. The smallest absolute Gasteiger partial charge is 0.175 e. The minimum Gasteiger partial charge on any atom is -0.383 e. The van der Waals surface area contributed by atoms with Crippen LogP contribution in [-0.4, -0.2) is 34.4 Å². The van der Waals surface area contributed by atoms with Gasteiger partial charge in [-0.25, -0.2) is 8.42 Å². The van der Waals surface area contributed by atoms with E-state index in [0.717, 1.165) is 0 Å². The number of hydrogen-bond donors (Lipinski definition) is 1. The van der Waals surface area contributed by atoms with Gasteiger partial charge in [-0.15, -0.1) is 0 Å². The van der Waals surface area contributed by atoms with Crippen LogP contribution in [0.5, 0.6) is 0 Å². The Hall–Kier alpha value is -0.620. The highest BCUT2D eigenvalue weighted by Crippen LogP contribution is 2.23. The summed E-state index contributed by atoms with van der Waals surface area (Å²) in [5.74, 6) is 0. The molecule has 0 radical (unpaired) electrons. The first-order chi connectivity index (χ1) is 8.36. The quantitative estimate of drug-likeness (QED) is 0.869. The Balaban J connectivity index is 2.94. The molecule has 0 spiro atoms. The minimum atomic E-state index is -3.27. The van der Waals surface area contributed by atoms with Gasteiger partial charge in [0.2, 0.25) is 0 Å². The Morgan fingerprint density at radius 3 is 2.67 bits per heavy atom. The first-order valence-electron chi connectivity index (χ1n) is 5.56. The topological polar surface area (TPSA) is 55.4 Å². The predicted octanol–water partition coefficient (Wildman–Crippen LogP) is 1.87. The summed E-state index contributed by atoms with van der Waals surface area (Å²) in [7, 11) is -1.65. The second kappa shape index (κ2) is 6.52. The molecule has 6 heteroatoms. The van der Waals surface area contributed by atoms with E-state index >= 15 is 0 Å². The summed E-state index contributed by atoms with van der Waals surface area (Å²) < 4.78 is 28.3.